The number of rotatable bonds is 6. The van der Waals surface area contributed by atoms with Gasteiger partial charge in [-0.2, -0.15) is 13.2 Å². The second-order valence-electron chi connectivity index (χ2n) is 7.90. The highest BCUT2D eigenvalue weighted by Gasteiger charge is 2.34. The summed E-state index contributed by atoms with van der Waals surface area (Å²) in [4.78, 5) is 21.2. The molecule has 1 fully saturated rings. The highest BCUT2D eigenvalue weighted by atomic mass is 19.4. The Morgan fingerprint density at radius 1 is 1.29 bits per heavy atom. The predicted octanol–water partition coefficient (Wildman–Crippen LogP) is 2.24. The summed E-state index contributed by atoms with van der Waals surface area (Å²) in [6, 6.07) is 3.47. The molecule has 1 saturated heterocycles. The summed E-state index contributed by atoms with van der Waals surface area (Å²) < 4.78 is 59.3. The Balaban J connectivity index is 1.96. The van der Waals surface area contributed by atoms with Crippen molar-refractivity contribution in [1.82, 2.24) is 10.2 Å². The zero-order valence-corrected chi connectivity index (χ0v) is 18.7. The summed E-state index contributed by atoms with van der Waals surface area (Å²) in [6.07, 6.45) is -3.37. The Morgan fingerprint density at radius 3 is 2.53 bits per heavy atom. The first kappa shape index (κ1) is 25.2. The monoisotopic (exact) mass is 482 g/mol. The number of carbonyl (C=O) groups is 1. The number of amides is 1. The van der Waals surface area contributed by atoms with E-state index in [-0.39, 0.29) is 35.6 Å². The van der Waals surface area contributed by atoms with Gasteiger partial charge in [-0.15, -0.1) is 0 Å². The third-order valence-electron chi connectivity index (χ3n) is 5.47. The number of allylic oxidation sites excluding steroid dienone is 2. The summed E-state index contributed by atoms with van der Waals surface area (Å²) in [5, 5.41) is 3.33. The lowest BCUT2D eigenvalue weighted by molar-refractivity contribution is -0.128. The molecule has 184 valence electrons. The number of hydrogen-bond donors (Lipinski definition) is 3. The summed E-state index contributed by atoms with van der Waals surface area (Å²) >= 11 is 0. The third-order valence-corrected chi connectivity index (χ3v) is 5.47. The summed E-state index contributed by atoms with van der Waals surface area (Å²) in [5.74, 6) is -1.02. The number of benzene rings is 1. The smallest absolute Gasteiger partial charge is 0.394 e. The lowest BCUT2D eigenvalue weighted by atomic mass is 10.0. The Kier molecular flexibility index (Phi) is 7.60. The van der Waals surface area contributed by atoms with Crippen LogP contribution < -0.4 is 16.8 Å². The maximum atomic E-state index is 14.8. The Bertz CT molecular complexity index is 1070. The van der Waals surface area contributed by atoms with Gasteiger partial charge in [-0.3, -0.25) is 9.79 Å². The van der Waals surface area contributed by atoms with Gasteiger partial charge in [-0.05, 0) is 17.7 Å². The molecule has 5 N–H and O–H groups in total. The van der Waals surface area contributed by atoms with E-state index in [1.165, 1.54) is 26.1 Å². The molecule has 0 bridgehead atoms. The van der Waals surface area contributed by atoms with Crippen molar-refractivity contribution in [2.45, 2.75) is 25.6 Å². The standard InChI is InChI=1S/C22H26F4N6O2/c1-12(33)32-6-5-18(30-14-10-34-11-14)16(9-32)21(28)31-19-4-3-13(7-17(19)23)15(8-29-2)20(27)22(24,25)26/h3-4,7-8,14,30H,5-6,9-11,27H2,1-2H3,(H2,28,31). The summed E-state index contributed by atoms with van der Waals surface area (Å²) in [5.41, 5.74) is 10.7. The quantitative estimate of drug-likeness (QED) is 0.327. The molecule has 2 aliphatic heterocycles. The van der Waals surface area contributed by atoms with Gasteiger partial charge in [0.15, 0.2) is 0 Å². The van der Waals surface area contributed by atoms with Crippen LogP contribution in [0.15, 0.2) is 45.2 Å². The SMILES string of the molecule is CN=CC(=C(N)C(F)(F)F)c1ccc(N=C(N)C2=C(NC3COC3)CCN(C(C)=O)C2)c(F)c1. The molecule has 8 nitrogen and oxygen atoms in total. The molecule has 0 radical (unpaired) electrons. The molecular weight excluding hydrogens is 456 g/mol. The van der Waals surface area contributed by atoms with Crippen LogP contribution in [0.25, 0.3) is 5.57 Å². The number of alkyl halides is 3. The first-order valence-corrected chi connectivity index (χ1v) is 10.5. The normalized spacial score (nSPS) is 18.8. The highest BCUT2D eigenvalue weighted by Crippen LogP contribution is 2.30. The highest BCUT2D eigenvalue weighted by molar-refractivity contribution is 6.11. The Hall–Kier alpha value is -3.41. The number of hydrogen-bond acceptors (Lipinski definition) is 6. The van der Waals surface area contributed by atoms with Crippen LogP contribution in [0, 0.1) is 5.82 Å². The van der Waals surface area contributed by atoms with Crippen LogP contribution >= 0.6 is 0 Å². The second-order valence-corrected chi connectivity index (χ2v) is 7.90. The van der Waals surface area contributed by atoms with Crippen molar-refractivity contribution in [3.8, 4) is 0 Å². The van der Waals surface area contributed by atoms with Crippen LogP contribution in [0.5, 0.6) is 0 Å². The summed E-state index contributed by atoms with van der Waals surface area (Å²) in [6.45, 7) is 3.22. The average Bonchev–Trinajstić information content (AvgIpc) is 2.74. The van der Waals surface area contributed by atoms with E-state index in [0.29, 0.717) is 31.8 Å². The molecule has 2 aliphatic rings. The van der Waals surface area contributed by atoms with Crippen molar-refractivity contribution in [3.05, 3.63) is 46.5 Å². The van der Waals surface area contributed by atoms with Crippen LogP contribution in [0.3, 0.4) is 0 Å². The van der Waals surface area contributed by atoms with Crippen molar-refractivity contribution in [1.29, 1.82) is 0 Å². The van der Waals surface area contributed by atoms with E-state index in [0.717, 1.165) is 18.0 Å². The van der Waals surface area contributed by atoms with Gasteiger partial charge < -0.3 is 26.4 Å². The zero-order chi connectivity index (χ0) is 25.0. The minimum absolute atomic E-state index is 0.000957. The van der Waals surface area contributed by atoms with Crippen LogP contribution in [-0.4, -0.2) is 68.4 Å². The summed E-state index contributed by atoms with van der Waals surface area (Å²) in [7, 11) is 1.28. The maximum absolute atomic E-state index is 14.8. The maximum Gasteiger partial charge on any atom is 0.431 e. The second kappa shape index (κ2) is 10.2. The van der Waals surface area contributed by atoms with Gasteiger partial charge in [0.05, 0.1) is 25.8 Å². The largest absolute Gasteiger partial charge is 0.431 e. The molecule has 0 atom stereocenters. The van der Waals surface area contributed by atoms with Crippen molar-refractivity contribution in [2.75, 3.05) is 33.4 Å². The molecule has 2 heterocycles. The molecule has 1 amide bonds. The minimum Gasteiger partial charge on any atom is -0.394 e. The third kappa shape index (κ3) is 5.74. The van der Waals surface area contributed by atoms with E-state index in [9.17, 15) is 22.4 Å². The van der Waals surface area contributed by atoms with Gasteiger partial charge in [0.2, 0.25) is 5.91 Å². The molecule has 3 rings (SSSR count). The molecule has 0 aliphatic carbocycles. The number of nitrogens with zero attached hydrogens (tertiary/aromatic N) is 3. The molecule has 1 aromatic rings. The minimum atomic E-state index is -4.81. The molecule has 0 unspecified atom stereocenters. The first-order chi connectivity index (χ1) is 16.0. The van der Waals surface area contributed by atoms with Crippen molar-refractivity contribution in [3.63, 3.8) is 0 Å². The van der Waals surface area contributed by atoms with Gasteiger partial charge in [0.1, 0.15) is 23.0 Å². The van der Waals surface area contributed by atoms with Crippen LogP contribution in [0.4, 0.5) is 23.2 Å². The van der Waals surface area contributed by atoms with Crippen molar-refractivity contribution in [2.24, 2.45) is 21.5 Å². The van der Waals surface area contributed by atoms with Crippen molar-refractivity contribution < 1.29 is 27.1 Å². The fourth-order valence-corrected chi connectivity index (χ4v) is 3.54. The number of nitrogens with two attached hydrogens (primary N) is 2. The van der Waals surface area contributed by atoms with E-state index >= 15 is 0 Å². The molecular formula is C22H26F4N6O2. The first-order valence-electron chi connectivity index (χ1n) is 10.5. The van der Waals surface area contributed by atoms with Crippen molar-refractivity contribution >= 4 is 29.2 Å². The molecule has 12 heteroatoms. The number of amidine groups is 1. The number of halogens is 4. The van der Waals surface area contributed by atoms with Gasteiger partial charge >= 0.3 is 6.18 Å². The van der Waals surface area contributed by atoms with Crippen LogP contribution in [-0.2, 0) is 9.53 Å². The van der Waals surface area contributed by atoms with Crippen LogP contribution in [0.1, 0.15) is 18.9 Å². The van der Waals surface area contributed by atoms with E-state index in [1.54, 1.807) is 4.90 Å². The fourth-order valence-electron chi connectivity index (χ4n) is 3.54. The number of ether oxygens (including phenoxy) is 1. The van der Waals surface area contributed by atoms with E-state index in [4.69, 9.17) is 16.2 Å². The van der Waals surface area contributed by atoms with Gasteiger partial charge in [0.25, 0.3) is 0 Å². The van der Waals surface area contributed by atoms with E-state index in [1.807, 2.05) is 0 Å². The molecule has 0 aromatic heterocycles. The molecule has 0 saturated carbocycles. The van der Waals surface area contributed by atoms with Gasteiger partial charge in [0, 0.05) is 50.0 Å². The van der Waals surface area contributed by atoms with E-state index in [2.05, 4.69) is 15.3 Å². The van der Waals surface area contributed by atoms with E-state index < -0.39 is 23.3 Å². The molecule has 34 heavy (non-hydrogen) atoms. The van der Waals surface area contributed by atoms with Gasteiger partial charge in [-0.25, -0.2) is 9.38 Å². The predicted molar refractivity (Wildman–Crippen MR) is 121 cm³/mol. The van der Waals surface area contributed by atoms with Gasteiger partial charge in [-0.1, -0.05) is 6.07 Å². The average molecular weight is 482 g/mol. The lowest BCUT2D eigenvalue weighted by Gasteiger charge is -2.35. The number of carbonyl (C=O) groups excluding carboxylic acids is 1. The molecule has 1 aromatic carbocycles. The zero-order valence-electron chi connectivity index (χ0n) is 18.7. The lowest BCUT2D eigenvalue weighted by Crippen LogP contribution is -2.49. The number of aliphatic imine (C=N–C) groups is 2. The Morgan fingerprint density at radius 2 is 2.00 bits per heavy atom. The number of nitrogens with one attached hydrogen (secondary N) is 1. The molecule has 0 spiro atoms. The van der Waals surface area contributed by atoms with Crippen LogP contribution in [0.2, 0.25) is 0 Å². The Labute approximate surface area is 194 Å². The topological polar surface area (TPSA) is 118 Å². The fraction of sp³-hybridized carbons (Fsp3) is 0.409.